The van der Waals surface area contributed by atoms with Gasteiger partial charge in [-0.2, -0.15) is 0 Å². The van der Waals surface area contributed by atoms with E-state index < -0.39 is 0 Å². The molecule has 2 saturated heterocycles. The van der Waals surface area contributed by atoms with Gasteiger partial charge in [0.1, 0.15) is 10.7 Å². The van der Waals surface area contributed by atoms with Crippen LogP contribution in [0.2, 0.25) is 0 Å². The van der Waals surface area contributed by atoms with E-state index in [2.05, 4.69) is 26.3 Å². The molecule has 0 aromatic carbocycles. The molecule has 3 aromatic rings. The van der Waals surface area contributed by atoms with Crippen LogP contribution in [-0.2, 0) is 4.74 Å². The molecule has 156 valence electrons. The number of aromatic nitrogens is 3. The van der Waals surface area contributed by atoms with E-state index in [0.717, 1.165) is 21.1 Å². The number of ether oxygens (including phenoxy) is 1. The predicted molar refractivity (Wildman–Crippen MR) is 118 cm³/mol. The van der Waals surface area contributed by atoms with Crippen LogP contribution in [0.5, 0.6) is 0 Å². The molecule has 2 fully saturated rings. The first kappa shape index (κ1) is 19.4. The molecule has 0 atom stereocenters. The summed E-state index contributed by atoms with van der Waals surface area (Å²) < 4.78 is 5.35. The largest absolute Gasteiger partial charge is 0.378 e. The lowest BCUT2D eigenvalue weighted by atomic mass is 10.2. The number of thiophene rings is 1. The Kier molecular flexibility index (Phi) is 5.60. The molecule has 0 saturated carbocycles. The summed E-state index contributed by atoms with van der Waals surface area (Å²) in [6, 6.07) is 4.22. The van der Waals surface area contributed by atoms with Crippen molar-refractivity contribution in [1.29, 1.82) is 0 Å². The first-order chi connectivity index (χ1) is 14.8. The Morgan fingerprint density at radius 3 is 2.47 bits per heavy atom. The van der Waals surface area contributed by atoms with Crippen LogP contribution in [0, 0.1) is 0 Å². The Labute approximate surface area is 182 Å². The van der Waals surface area contributed by atoms with Gasteiger partial charge in [0, 0.05) is 67.5 Å². The molecular formula is C20H22N6O2S2. The molecule has 2 amide bonds. The number of amides is 2. The highest BCUT2D eigenvalue weighted by atomic mass is 32.1. The van der Waals surface area contributed by atoms with Crippen molar-refractivity contribution in [2.45, 2.75) is 0 Å². The first-order valence-electron chi connectivity index (χ1n) is 9.97. The topological polar surface area (TPSA) is 74.7 Å². The lowest BCUT2D eigenvalue weighted by molar-refractivity contribution is 0.0428. The van der Waals surface area contributed by atoms with Crippen LogP contribution in [0.15, 0.2) is 35.3 Å². The Hall–Kier alpha value is -2.56. The maximum absolute atomic E-state index is 12.7. The van der Waals surface area contributed by atoms with Gasteiger partial charge in [0.05, 0.1) is 13.2 Å². The van der Waals surface area contributed by atoms with Gasteiger partial charge >= 0.3 is 6.03 Å². The van der Waals surface area contributed by atoms with Crippen LogP contribution >= 0.6 is 22.7 Å². The molecule has 30 heavy (non-hydrogen) atoms. The zero-order valence-corrected chi connectivity index (χ0v) is 18.1. The molecule has 0 aliphatic carbocycles. The van der Waals surface area contributed by atoms with Gasteiger partial charge in [-0.3, -0.25) is 0 Å². The van der Waals surface area contributed by atoms with Crippen molar-refractivity contribution >= 4 is 34.7 Å². The average Bonchev–Trinajstić information content (AvgIpc) is 3.53. The van der Waals surface area contributed by atoms with Crippen molar-refractivity contribution < 1.29 is 9.53 Å². The first-order valence-corrected chi connectivity index (χ1v) is 11.7. The molecule has 2 aliphatic heterocycles. The second-order valence-electron chi connectivity index (χ2n) is 7.10. The summed E-state index contributed by atoms with van der Waals surface area (Å²) in [7, 11) is 0. The lowest BCUT2D eigenvalue weighted by Crippen LogP contribution is -2.55. The van der Waals surface area contributed by atoms with Gasteiger partial charge < -0.3 is 19.4 Å². The summed E-state index contributed by atoms with van der Waals surface area (Å²) in [5, 5.41) is 4.91. The number of urea groups is 1. The summed E-state index contributed by atoms with van der Waals surface area (Å²) in [6.45, 7) is 5.34. The quantitative estimate of drug-likeness (QED) is 0.621. The van der Waals surface area contributed by atoms with Crippen LogP contribution in [-0.4, -0.2) is 83.3 Å². The van der Waals surface area contributed by atoms with E-state index >= 15 is 0 Å². The number of piperazine rings is 1. The maximum atomic E-state index is 12.7. The smallest absolute Gasteiger partial charge is 0.320 e. The Morgan fingerprint density at radius 1 is 0.967 bits per heavy atom. The van der Waals surface area contributed by atoms with Gasteiger partial charge in [-0.05, 0) is 11.4 Å². The molecule has 10 heteroatoms. The highest BCUT2D eigenvalue weighted by Crippen LogP contribution is 2.34. The summed E-state index contributed by atoms with van der Waals surface area (Å²) in [5.41, 5.74) is 1.87. The minimum atomic E-state index is 0.107. The van der Waals surface area contributed by atoms with Crippen LogP contribution in [0.25, 0.3) is 21.1 Å². The van der Waals surface area contributed by atoms with Gasteiger partial charge in [-0.25, -0.2) is 19.7 Å². The van der Waals surface area contributed by atoms with E-state index in [0.29, 0.717) is 58.4 Å². The molecule has 0 N–H and O–H groups in total. The van der Waals surface area contributed by atoms with Crippen LogP contribution < -0.4 is 4.90 Å². The van der Waals surface area contributed by atoms with E-state index in [4.69, 9.17) is 9.72 Å². The van der Waals surface area contributed by atoms with E-state index in [9.17, 15) is 4.79 Å². The van der Waals surface area contributed by atoms with Crippen LogP contribution in [0.3, 0.4) is 0 Å². The highest BCUT2D eigenvalue weighted by molar-refractivity contribution is 7.14. The average molecular weight is 443 g/mol. The van der Waals surface area contributed by atoms with Gasteiger partial charge in [-0.1, -0.05) is 6.07 Å². The van der Waals surface area contributed by atoms with Crippen LogP contribution in [0.1, 0.15) is 0 Å². The number of anilines is 1. The van der Waals surface area contributed by atoms with E-state index in [1.165, 1.54) is 0 Å². The monoisotopic (exact) mass is 442 g/mol. The molecule has 3 aromatic heterocycles. The minimum Gasteiger partial charge on any atom is -0.378 e. The zero-order valence-electron chi connectivity index (χ0n) is 16.4. The van der Waals surface area contributed by atoms with Gasteiger partial charge in [0.2, 0.25) is 5.95 Å². The SMILES string of the molecule is O=C(N1CCOCC1)N1CCN(c2ncc(-c3cccs3)c(-c3nccs3)n2)CC1. The number of carbonyl (C=O) groups excluding carboxylic acids is 1. The second-order valence-corrected chi connectivity index (χ2v) is 8.95. The van der Waals surface area contributed by atoms with Crippen molar-refractivity contribution in [2.75, 3.05) is 57.4 Å². The summed E-state index contributed by atoms with van der Waals surface area (Å²) >= 11 is 3.25. The Balaban J connectivity index is 1.33. The fourth-order valence-electron chi connectivity index (χ4n) is 3.69. The van der Waals surface area contributed by atoms with Gasteiger partial charge in [-0.15, -0.1) is 22.7 Å². The Morgan fingerprint density at radius 2 is 1.77 bits per heavy atom. The fourth-order valence-corrected chi connectivity index (χ4v) is 5.07. The van der Waals surface area contributed by atoms with E-state index in [1.807, 2.05) is 27.4 Å². The Bertz CT molecular complexity index is 981. The van der Waals surface area contributed by atoms with Gasteiger partial charge in [0.15, 0.2) is 0 Å². The van der Waals surface area contributed by atoms with Crippen molar-refractivity contribution in [3.05, 3.63) is 35.3 Å². The summed E-state index contributed by atoms with van der Waals surface area (Å²) in [6.07, 6.45) is 3.70. The number of hydrogen-bond donors (Lipinski definition) is 0. The number of thiazole rings is 1. The molecule has 2 aliphatic rings. The molecule has 5 rings (SSSR count). The highest BCUT2D eigenvalue weighted by Gasteiger charge is 2.27. The lowest BCUT2D eigenvalue weighted by Gasteiger charge is -2.38. The van der Waals surface area contributed by atoms with Crippen molar-refractivity contribution in [1.82, 2.24) is 24.8 Å². The minimum absolute atomic E-state index is 0.107. The standard InChI is InChI=1S/C20H22N6O2S2/c27-20(26-8-10-28-11-9-26)25-6-4-24(5-7-25)19-22-14-15(16-2-1-12-29-16)17(23-19)18-21-3-13-30-18/h1-3,12-14H,4-11H2. The third-order valence-electron chi connectivity index (χ3n) is 5.31. The number of hydrogen-bond acceptors (Lipinski definition) is 8. The zero-order chi connectivity index (χ0) is 20.3. The molecular weight excluding hydrogens is 420 g/mol. The molecule has 5 heterocycles. The fraction of sp³-hybridized carbons (Fsp3) is 0.400. The van der Waals surface area contributed by atoms with E-state index in [1.54, 1.807) is 28.9 Å². The summed E-state index contributed by atoms with van der Waals surface area (Å²) in [5.74, 6) is 0.693. The second kappa shape index (κ2) is 8.66. The van der Waals surface area contributed by atoms with Gasteiger partial charge in [0.25, 0.3) is 0 Å². The summed E-state index contributed by atoms with van der Waals surface area (Å²) in [4.78, 5) is 33.8. The van der Waals surface area contributed by atoms with Crippen molar-refractivity contribution in [3.8, 4) is 21.1 Å². The molecule has 8 nitrogen and oxygen atoms in total. The van der Waals surface area contributed by atoms with E-state index in [-0.39, 0.29) is 6.03 Å². The number of morpholine rings is 1. The third kappa shape index (κ3) is 3.90. The maximum Gasteiger partial charge on any atom is 0.320 e. The van der Waals surface area contributed by atoms with Crippen molar-refractivity contribution in [3.63, 3.8) is 0 Å². The number of rotatable bonds is 3. The third-order valence-corrected chi connectivity index (χ3v) is 7.00. The van der Waals surface area contributed by atoms with Crippen LogP contribution in [0.4, 0.5) is 10.7 Å². The number of carbonyl (C=O) groups is 1. The predicted octanol–water partition coefficient (Wildman–Crippen LogP) is 2.90. The van der Waals surface area contributed by atoms with Crippen molar-refractivity contribution in [2.24, 2.45) is 0 Å². The molecule has 0 spiro atoms. The molecule has 0 radical (unpaired) electrons. The molecule has 0 unspecified atom stereocenters. The molecule has 0 bridgehead atoms. The number of nitrogens with zero attached hydrogens (tertiary/aromatic N) is 6. The normalized spacial score (nSPS) is 17.4.